The number of aromatic nitrogens is 4. The van der Waals surface area contributed by atoms with Crippen molar-refractivity contribution < 1.29 is 21.8 Å². The van der Waals surface area contributed by atoms with Gasteiger partial charge < -0.3 is 14.8 Å². The van der Waals surface area contributed by atoms with E-state index in [1.807, 2.05) is 48.5 Å². The van der Waals surface area contributed by atoms with E-state index in [1.54, 1.807) is 6.20 Å². The van der Waals surface area contributed by atoms with E-state index in [9.17, 15) is 0 Å². The van der Waals surface area contributed by atoms with E-state index in [-0.39, 0.29) is 17.1 Å². The zero-order valence-electron chi connectivity index (χ0n) is 28.5. The first-order valence-corrected chi connectivity index (χ1v) is 20.3. The normalized spacial score (nSPS) is 11.1. The molecule has 0 saturated carbocycles. The van der Waals surface area contributed by atoms with Crippen LogP contribution in [0.15, 0.2) is 194 Å². The van der Waals surface area contributed by atoms with Gasteiger partial charge in [-0.1, -0.05) is 115 Å². The second-order valence-corrected chi connectivity index (χ2v) is 16.5. The number of ether oxygens (including phenoxy) is 1. The van der Waals surface area contributed by atoms with Crippen LogP contribution in [0.3, 0.4) is 0 Å². The monoisotopic (exact) mass is 762 g/mol. The first kappa shape index (κ1) is 36.6. The number of hydrogen-bond acceptors (Lipinski definition) is 4. The van der Waals surface area contributed by atoms with Crippen molar-refractivity contribution in [2.45, 2.75) is 0 Å². The van der Waals surface area contributed by atoms with Gasteiger partial charge in [0.2, 0.25) is 0 Å². The summed E-state index contributed by atoms with van der Waals surface area (Å²) in [5.41, 5.74) is 1.70. The predicted molar refractivity (Wildman–Crippen MR) is 217 cm³/mol. The molecule has 8 rings (SSSR count). The van der Waals surface area contributed by atoms with E-state index in [4.69, 9.17) is 4.74 Å². The Kier molecular flexibility index (Phi) is 12.9. The average Bonchev–Trinajstić information content (AvgIpc) is 3.72. The van der Waals surface area contributed by atoms with Crippen LogP contribution in [-0.4, -0.2) is 21.7 Å². The molecule has 0 spiro atoms. The summed E-state index contributed by atoms with van der Waals surface area (Å²) >= 11 is 0. The van der Waals surface area contributed by atoms with Crippen LogP contribution < -0.4 is 36.4 Å². The van der Waals surface area contributed by atoms with Crippen LogP contribution >= 0.6 is 15.8 Å². The van der Waals surface area contributed by atoms with Gasteiger partial charge in [-0.3, -0.25) is 10.1 Å². The van der Waals surface area contributed by atoms with Crippen LogP contribution in [0.25, 0.3) is 22.9 Å². The van der Waals surface area contributed by atoms with Crippen molar-refractivity contribution in [2.24, 2.45) is 0 Å². The molecule has 0 saturated heterocycles. The minimum Gasteiger partial charge on any atom is -0.449 e. The summed E-state index contributed by atoms with van der Waals surface area (Å²) in [5, 5.41) is 14.8. The van der Waals surface area contributed by atoms with Crippen molar-refractivity contribution in [2.75, 3.05) is 6.66 Å². The molecule has 0 aliphatic rings. The zero-order chi connectivity index (χ0) is 34.7. The molecule has 0 N–H and O–H groups in total. The molecule has 0 aliphatic carbocycles. The third kappa shape index (κ3) is 8.98. The maximum Gasteiger partial charge on any atom is 1.00 e. The predicted octanol–water partition coefficient (Wildman–Crippen LogP) is 7.92. The molecular formula is C44H37CuN4OP2+2. The van der Waals surface area contributed by atoms with Gasteiger partial charge in [0.25, 0.3) is 0 Å². The molecule has 2 aromatic heterocycles. The fourth-order valence-electron chi connectivity index (χ4n) is 5.83. The van der Waals surface area contributed by atoms with Gasteiger partial charge in [0.05, 0.1) is 31.4 Å². The number of nitrogens with zero attached hydrogens (tertiary/aromatic N) is 4. The minimum atomic E-state index is -1.23. The summed E-state index contributed by atoms with van der Waals surface area (Å²) in [5.74, 6) is 3.09. The molecule has 8 heteroatoms. The van der Waals surface area contributed by atoms with Gasteiger partial charge in [-0.2, -0.15) is 0 Å². The smallest absolute Gasteiger partial charge is 0.449 e. The third-order valence-electron chi connectivity index (χ3n) is 8.38. The standard InChI is InChI=1S/C31H26OP2.C13H9N4.Cu/c1-33(25-15-5-2-6-16-25)30-23-13-11-21-28(30)32-29-22-12-14-24-31(29)34(26-17-7-3-8-18-26)27-19-9-4-10-20-27;1-2-6-10(7-3-1)12-15-13(17-16-12)11-8-4-5-9-14-11;/h2-24H,1H3;1-9H;/q;-1;+1/p+2. The molecule has 1 atom stereocenters. The van der Waals surface area contributed by atoms with Gasteiger partial charge in [-0.25, -0.2) is 0 Å². The second kappa shape index (κ2) is 18.3. The Bertz CT molecular complexity index is 2170. The molecule has 0 amide bonds. The molecular weight excluding hydrogens is 726 g/mol. The SMILES string of the molecule is C[PH+](c1ccccc1)c1ccccc1Oc1ccccc1[PH+](c1ccccc1)c1ccccc1.[Cu+].c1ccc(-c2n[n-]c(-c3ccccn3)n2)cc1. The van der Waals surface area contributed by atoms with Gasteiger partial charge in [0, 0.05) is 6.20 Å². The Hall–Kier alpha value is -5.21. The van der Waals surface area contributed by atoms with Crippen molar-refractivity contribution >= 4 is 42.4 Å². The molecule has 0 fully saturated rings. The van der Waals surface area contributed by atoms with Crippen molar-refractivity contribution in [3.63, 3.8) is 0 Å². The maximum atomic E-state index is 6.76. The van der Waals surface area contributed by atoms with Crippen LogP contribution in [0, 0.1) is 0 Å². The third-order valence-corrected chi connectivity index (χ3v) is 13.6. The summed E-state index contributed by atoms with van der Waals surface area (Å²) < 4.78 is 6.76. The van der Waals surface area contributed by atoms with E-state index in [0.29, 0.717) is 11.6 Å². The Balaban J connectivity index is 0.000000216. The molecule has 2 heterocycles. The molecule has 6 aromatic carbocycles. The number of pyridine rings is 1. The van der Waals surface area contributed by atoms with Gasteiger partial charge in [-0.05, 0) is 84.2 Å². The average molecular weight is 763 g/mol. The van der Waals surface area contributed by atoms with Gasteiger partial charge in [-0.15, -0.1) is 0 Å². The van der Waals surface area contributed by atoms with E-state index in [2.05, 4.69) is 166 Å². The summed E-state index contributed by atoms with van der Waals surface area (Å²) in [4.78, 5) is 8.56. The largest absolute Gasteiger partial charge is 1.00 e. The first-order chi connectivity index (χ1) is 25.2. The molecule has 8 aromatic rings. The number of benzene rings is 6. The Morgan fingerprint density at radius 1 is 0.500 bits per heavy atom. The van der Waals surface area contributed by atoms with Crippen molar-refractivity contribution in [1.29, 1.82) is 0 Å². The molecule has 52 heavy (non-hydrogen) atoms. The van der Waals surface area contributed by atoms with Crippen LogP contribution in [0.2, 0.25) is 0 Å². The Morgan fingerprint density at radius 3 is 1.56 bits per heavy atom. The molecule has 0 bridgehead atoms. The molecule has 0 radical (unpaired) electrons. The van der Waals surface area contributed by atoms with Crippen molar-refractivity contribution in [1.82, 2.24) is 20.2 Å². The van der Waals surface area contributed by atoms with Gasteiger partial charge in [0.15, 0.2) is 11.5 Å². The van der Waals surface area contributed by atoms with Crippen molar-refractivity contribution in [3.05, 3.63) is 194 Å². The number of para-hydroxylation sites is 2. The fraction of sp³-hybridized carbons (Fsp3) is 0.0227. The van der Waals surface area contributed by atoms with E-state index in [1.165, 1.54) is 26.5 Å². The van der Waals surface area contributed by atoms with E-state index < -0.39 is 15.8 Å². The number of hydrogen-bond donors (Lipinski definition) is 0. The molecule has 1 unspecified atom stereocenters. The number of rotatable bonds is 9. The topological polar surface area (TPSA) is 62.0 Å². The zero-order valence-corrected chi connectivity index (χ0v) is 31.4. The molecule has 0 aliphatic heterocycles. The molecule has 5 nitrogen and oxygen atoms in total. The molecule has 258 valence electrons. The summed E-state index contributed by atoms with van der Waals surface area (Å²) in [6, 6.07) is 64.9. The van der Waals surface area contributed by atoms with E-state index in [0.717, 1.165) is 22.8 Å². The Morgan fingerprint density at radius 2 is 0.981 bits per heavy atom. The first-order valence-electron chi connectivity index (χ1n) is 16.8. The van der Waals surface area contributed by atoms with Crippen LogP contribution in [-0.2, 0) is 17.1 Å². The summed E-state index contributed by atoms with van der Waals surface area (Å²) in [6.07, 6.45) is 1.72. The van der Waals surface area contributed by atoms with Gasteiger partial charge in [0.1, 0.15) is 29.1 Å². The van der Waals surface area contributed by atoms with Crippen LogP contribution in [0.5, 0.6) is 11.5 Å². The summed E-state index contributed by atoms with van der Waals surface area (Å²) in [6.45, 7) is 2.34. The fourth-order valence-corrected chi connectivity index (χ4v) is 10.3. The maximum absolute atomic E-state index is 6.76. The minimum absolute atomic E-state index is 0. The van der Waals surface area contributed by atoms with E-state index >= 15 is 0 Å². The van der Waals surface area contributed by atoms with Crippen LogP contribution in [0.1, 0.15) is 0 Å². The Labute approximate surface area is 318 Å². The second-order valence-electron chi connectivity index (χ2n) is 11.7. The van der Waals surface area contributed by atoms with Crippen molar-refractivity contribution in [3.8, 4) is 34.4 Å². The van der Waals surface area contributed by atoms with Crippen LogP contribution in [0.4, 0.5) is 0 Å². The quantitative estimate of drug-likeness (QED) is 0.111. The van der Waals surface area contributed by atoms with Gasteiger partial charge >= 0.3 is 17.1 Å². The summed E-state index contributed by atoms with van der Waals surface area (Å²) in [7, 11) is -2.17.